The molecule has 1 fully saturated rings. The summed E-state index contributed by atoms with van der Waals surface area (Å²) in [5.74, 6) is 0.128. The van der Waals surface area contributed by atoms with E-state index < -0.39 is 0 Å². The molecule has 1 aromatic rings. The predicted molar refractivity (Wildman–Crippen MR) is 69.4 cm³/mol. The van der Waals surface area contributed by atoms with Crippen LogP contribution >= 0.6 is 24.8 Å². The summed E-state index contributed by atoms with van der Waals surface area (Å²) in [5, 5.41) is 9.39. The van der Waals surface area contributed by atoms with Crippen molar-refractivity contribution in [2.45, 2.75) is 12.8 Å². The number of aromatic hydroxyl groups is 1. The fourth-order valence-corrected chi connectivity index (χ4v) is 1.49. The van der Waals surface area contributed by atoms with Crippen molar-refractivity contribution in [3.05, 3.63) is 18.5 Å². The molecule has 0 radical (unpaired) electrons. The summed E-state index contributed by atoms with van der Waals surface area (Å²) in [6.45, 7) is 2.13. The highest BCUT2D eigenvalue weighted by Gasteiger charge is 2.07. The zero-order valence-electron chi connectivity index (χ0n) is 8.74. The van der Waals surface area contributed by atoms with Crippen molar-refractivity contribution in [1.82, 2.24) is 9.88 Å². The molecule has 4 nitrogen and oxygen atoms in total. The van der Waals surface area contributed by atoms with E-state index in [4.69, 9.17) is 0 Å². The Morgan fingerprint density at radius 3 is 2.62 bits per heavy atom. The summed E-state index contributed by atoms with van der Waals surface area (Å²) in [6.07, 6.45) is 7.28. The van der Waals surface area contributed by atoms with E-state index >= 15 is 0 Å². The number of halogens is 2. The van der Waals surface area contributed by atoms with E-state index in [0.717, 1.165) is 13.1 Å². The van der Waals surface area contributed by atoms with Crippen LogP contribution in [0.4, 0.5) is 5.69 Å². The highest BCUT2D eigenvalue weighted by atomic mass is 35.5. The first kappa shape index (κ1) is 15.0. The first-order valence-corrected chi connectivity index (χ1v) is 4.77. The fraction of sp³-hybridized carbons (Fsp3) is 0.400. The highest BCUT2D eigenvalue weighted by molar-refractivity contribution is 5.85. The minimum atomic E-state index is 0. The molecular formula is C10H15Cl2N3O. The molecule has 1 aliphatic heterocycles. The summed E-state index contributed by atoms with van der Waals surface area (Å²) < 4.78 is 0. The van der Waals surface area contributed by atoms with Gasteiger partial charge < -0.3 is 10.0 Å². The summed E-state index contributed by atoms with van der Waals surface area (Å²) >= 11 is 0. The average Bonchev–Trinajstić information content (AvgIpc) is 2.69. The molecule has 0 spiro atoms. The van der Waals surface area contributed by atoms with Gasteiger partial charge in [-0.05, 0) is 18.9 Å². The van der Waals surface area contributed by atoms with Gasteiger partial charge in [0.05, 0.1) is 12.5 Å². The van der Waals surface area contributed by atoms with Gasteiger partial charge in [0, 0.05) is 19.3 Å². The Labute approximate surface area is 107 Å². The molecule has 16 heavy (non-hydrogen) atoms. The number of aromatic nitrogens is 1. The Morgan fingerprint density at radius 2 is 2.00 bits per heavy atom. The van der Waals surface area contributed by atoms with Crippen LogP contribution < -0.4 is 0 Å². The number of aliphatic imine (C=N–C) groups is 1. The van der Waals surface area contributed by atoms with Gasteiger partial charge in [0.1, 0.15) is 5.69 Å². The second-order valence-corrected chi connectivity index (χ2v) is 3.35. The molecule has 0 aromatic carbocycles. The van der Waals surface area contributed by atoms with Crippen LogP contribution in [-0.2, 0) is 0 Å². The SMILES string of the molecule is Cl.Cl.Oc1cnccc1N=CN1CCCC1. The number of hydrogen-bond donors (Lipinski definition) is 1. The summed E-state index contributed by atoms with van der Waals surface area (Å²) in [4.78, 5) is 10.1. The van der Waals surface area contributed by atoms with Gasteiger partial charge in [-0.3, -0.25) is 4.98 Å². The number of pyridine rings is 1. The lowest BCUT2D eigenvalue weighted by molar-refractivity contribution is 0.473. The maximum atomic E-state index is 9.39. The Bertz CT molecular complexity index is 341. The molecule has 0 aliphatic carbocycles. The van der Waals surface area contributed by atoms with Gasteiger partial charge in [0.2, 0.25) is 0 Å². The predicted octanol–water partition coefficient (Wildman–Crippen LogP) is 2.39. The van der Waals surface area contributed by atoms with Crippen LogP contribution in [0.3, 0.4) is 0 Å². The van der Waals surface area contributed by atoms with Crippen LogP contribution in [0.15, 0.2) is 23.5 Å². The Balaban J connectivity index is 0.00000112. The molecule has 6 heteroatoms. The maximum absolute atomic E-state index is 9.39. The van der Waals surface area contributed by atoms with Gasteiger partial charge in [-0.2, -0.15) is 0 Å². The van der Waals surface area contributed by atoms with Crippen molar-refractivity contribution in [2.24, 2.45) is 4.99 Å². The molecule has 0 unspecified atom stereocenters. The molecule has 90 valence electrons. The first-order chi connectivity index (χ1) is 6.86. The van der Waals surface area contributed by atoms with Crippen LogP contribution in [0.1, 0.15) is 12.8 Å². The van der Waals surface area contributed by atoms with E-state index in [0.29, 0.717) is 5.69 Å². The third kappa shape index (κ3) is 3.87. The molecule has 2 rings (SSSR count). The van der Waals surface area contributed by atoms with Crippen LogP contribution in [0, 0.1) is 0 Å². The van der Waals surface area contributed by atoms with Crippen LogP contribution in [0.5, 0.6) is 5.75 Å². The molecule has 2 heterocycles. The standard InChI is InChI=1S/C10H13N3O.2ClH/c14-10-7-11-4-3-9(10)12-8-13-5-1-2-6-13;;/h3-4,7-8,14H,1-2,5-6H2;2*1H. The van der Waals surface area contributed by atoms with Crippen molar-refractivity contribution in [3.63, 3.8) is 0 Å². The zero-order chi connectivity index (χ0) is 9.80. The molecule has 1 aromatic heterocycles. The minimum absolute atomic E-state index is 0. The number of nitrogens with zero attached hydrogens (tertiary/aromatic N) is 3. The maximum Gasteiger partial charge on any atom is 0.159 e. The van der Waals surface area contributed by atoms with E-state index in [2.05, 4.69) is 14.9 Å². The Kier molecular flexibility index (Phi) is 6.85. The zero-order valence-corrected chi connectivity index (χ0v) is 10.4. The smallest absolute Gasteiger partial charge is 0.159 e. The van der Waals surface area contributed by atoms with Gasteiger partial charge >= 0.3 is 0 Å². The molecule has 0 atom stereocenters. The molecule has 1 N–H and O–H groups in total. The molecule has 0 bridgehead atoms. The monoisotopic (exact) mass is 263 g/mol. The summed E-state index contributed by atoms with van der Waals surface area (Å²) in [7, 11) is 0. The number of hydrogen-bond acceptors (Lipinski definition) is 3. The second-order valence-electron chi connectivity index (χ2n) is 3.35. The number of rotatable bonds is 2. The summed E-state index contributed by atoms with van der Waals surface area (Å²) in [5.41, 5.74) is 0.576. The Morgan fingerprint density at radius 1 is 1.31 bits per heavy atom. The van der Waals surface area contributed by atoms with Gasteiger partial charge in [0.25, 0.3) is 0 Å². The lowest BCUT2D eigenvalue weighted by Gasteiger charge is -2.08. The van der Waals surface area contributed by atoms with Crippen molar-refractivity contribution in [3.8, 4) is 5.75 Å². The van der Waals surface area contributed by atoms with E-state index in [-0.39, 0.29) is 30.6 Å². The van der Waals surface area contributed by atoms with Crippen LogP contribution in [-0.4, -0.2) is 34.4 Å². The van der Waals surface area contributed by atoms with Gasteiger partial charge in [-0.25, -0.2) is 4.99 Å². The third-order valence-corrected chi connectivity index (χ3v) is 2.28. The normalized spacial score (nSPS) is 14.6. The largest absolute Gasteiger partial charge is 0.504 e. The van der Waals surface area contributed by atoms with Gasteiger partial charge in [0.15, 0.2) is 5.75 Å². The Hall–Kier alpha value is -1.00. The van der Waals surface area contributed by atoms with E-state index in [1.807, 2.05) is 0 Å². The van der Waals surface area contributed by atoms with Crippen LogP contribution in [0.2, 0.25) is 0 Å². The molecule has 0 amide bonds. The van der Waals surface area contributed by atoms with E-state index in [9.17, 15) is 5.11 Å². The van der Waals surface area contributed by atoms with Gasteiger partial charge in [-0.15, -0.1) is 24.8 Å². The molecule has 1 aliphatic rings. The van der Waals surface area contributed by atoms with Crippen molar-refractivity contribution in [2.75, 3.05) is 13.1 Å². The lowest BCUT2D eigenvalue weighted by atomic mass is 10.4. The average molecular weight is 264 g/mol. The molecule has 0 saturated carbocycles. The second kappa shape index (κ2) is 7.30. The van der Waals surface area contributed by atoms with Crippen molar-refractivity contribution >= 4 is 36.8 Å². The minimum Gasteiger partial charge on any atom is -0.504 e. The molecule has 1 saturated heterocycles. The first-order valence-electron chi connectivity index (χ1n) is 4.77. The highest BCUT2D eigenvalue weighted by Crippen LogP contribution is 2.23. The third-order valence-electron chi connectivity index (χ3n) is 2.28. The van der Waals surface area contributed by atoms with Crippen molar-refractivity contribution in [1.29, 1.82) is 0 Å². The quantitative estimate of drug-likeness (QED) is 0.659. The fourth-order valence-electron chi connectivity index (χ4n) is 1.49. The van der Waals surface area contributed by atoms with Crippen LogP contribution in [0.25, 0.3) is 0 Å². The van der Waals surface area contributed by atoms with E-state index in [1.54, 1.807) is 18.6 Å². The van der Waals surface area contributed by atoms with E-state index in [1.165, 1.54) is 19.0 Å². The summed E-state index contributed by atoms with van der Waals surface area (Å²) in [6, 6.07) is 1.70. The van der Waals surface area contributed by atoms with Crippen molar-refractivity contribution < 1.29 is 5.11 Å². The number of likely N-dealkylation sites (tertiary alicyclic amines) is 1. The lowest BCUT2D eigenvalue weighted by Crippen LogP contribution is -2.15. The molecular weight excluding hydrogens is 249 g/mol. The van der Waals surface area contributed by atoms with Gasteiger partial charge in [-0.1, -0.05) is 0 Å². The topological polar surface area (TPSA) is 48.7 Å².